The molecule has 0 amide bonds. The van der Waals surface area contributed by atoms with Gasteiger partial charge < -0.3 is 5.11 Å². The molecule has 2 nitrogen and oxygen atoms in total. The Morgan fingerprint density at radius 2 is 1.89 bits per heavy atom. The lowest BCUT2D eigenvalue weighted by Gasteiger charge is -2.06. The minimum absolute atomic E-state index is 0.400. The van der Waals surface area contributed by atoms with Crippen LogP contribution in [0.25, 0.3) is 0 Å². The summed E-state index contributed by atoms with van der Waals surface area (Å²) < 4.78 is 0. The summed E-state index contributed by atoms with van der Waals surface area (Å²) in [7, 11) is 0. The third-order valence-electron chi connectivity index (χ3n) is 2.70. The second-order valence-corrected chi connectivity index (χ2v) is 5.35. The van der Waals surface area contributed by atoms with E-state index in [0.29, 0.717) is 0 Å². The van der Waals surface area contributed by atoms with Crippen molar-refractivity contribution in [1.82, 2.24) is 4.98 Å². The summed E-state index contributed by atoms with van der Waals surface area (Å²) in [5.74, 6) is 0.871. The smallest absolute Gasteiger partial charge is 0.0761 e. The van der Waals surface area contributed by atoms with Crippen LogP contribution in [0.15, 0.2) is 47.4 Å². The zero-order chi connectivity index (χ0) is 13.0. The van der Waals surface area contributed by atoms with Gasteiger partial charge in [-0.2, -0.15) is 0 Å². The van der Waals surface area contributed by atoms with Crippen molar-refractivity contribution in [3.8, 4) is 0 Å². The molecule has 1 atom stereocenters. The van der Waals surface area contributed by atoms with Crippen LogP contribution in [0.1, 0.15) is 30.0 Å². The minimum atomic E-state index is -0.400. The summed E-state index contributed by atoms with van der Waals surface area (Å²) in [6, 6.07) is 14.1. The predicted molar refractivity (Wildman–Crippen MR) is 75.6 cm³/mol. The molecular formula is C15H17NOS. The van der Waals surface area contributed by atoms with Gasteiger partial charge in [0.25, 0.3) is 0 Å². The maximum absolute atomic E-state index is 9.44. The van der Waals surface area contributed by atoms with Crippen LogP contribution >= 0.6 is 11.8 Å². The van der Waals surface area contributed by atoms with Gasteiger partial charge in [-0.15, -0.1) is 11.8 Å². The van der Waals surface area contributed by atoms with Crippen LogP contribution in [0, 0.1) is 6.92 Å². The van der Waals surface area contributed by atoms with Gasteiger partial charge in [-0.3, -0.25) is 4.98 Å². The van der Waals surface area contributed by atoms with E-state index in [1.807, 2.05) is 49.4 Å². The molecule has 1 aromatic heterocycles. The van der Waals surface area contributed by atoms with Crippen molar-refractivity contribution in [2.75, 3.05) is 0 Å². The highest BCUT2D eigenvalue weighted by atomic mass is 32.2. The van der Waals surface area contributed by atoms with E-state index in [2.05, 4.69) is 4.98 Å². The molecule has 0 fully saturated rings. The Kier molecular flexibility index (Phi) is 4.39. The average Bonchev–Trinajstić information content (AvgIpc) is 2.37. The van der Waals surface area contributed by atoms with E-state index in [-0.39, 0.29) is 0 Å². The van der Waals surface area contributed by atoms with Crippen molar-refractivity contribution in [2.24, 2.45) is 0 Å². The van der Waals surface area contributed by atoms with Gasteiger partial charge in [0.2, 0.25) is 0 Å². The Hall–Kier alpha value is -1.32. The molecule has 0 aliphatic heterocycles. The predicted octanol–water partition coefficient (Wildman–Crippen LogP) is 3.74. The van der Waals surface area contributed by atoms with E-state index < -0.39 is 6.10 Å². The standard InChI is InChI=1S/C15H17NOS/c1-11-4-3-5-14(16-11)10-18-15-8-6-13(7-9-15)12(2)17/h3-9,12,17H,10H2,1-2H3. The van der Waals surface area contributed by atoms with E-state index in [9.17, 15) is 5.11 Å². The molecule has 0 spiro atoms. The van der Waals surface area contributed by atoms with Crippen LogP contribution < -0.4 is 0 Å². The molecule has 94 valence electrons. The normalized spacial score (nSPS) is 12.4. The first-order valence-electron chi connectivity index (χ1n) is 5.98. The Balaban J connectivity index is 1.98. The molecule has 1 N–H and O–H groups in total. The Morgan fingerprint density at radius 3 is 2.50 bits per heavy atom. The molecule has 18 heavy (non-hydrogen) atoms. The molecule has 2 aromatic rings. The second-order valence-electron chi connectivity index (χ2n) is 4.30. The molecule has 0 bridgehead atoms. The Morgan fingerprint density at radius 1 is 1.17 bits per heavy atom. The van der Waals surface area contributed by atoms with Gasteiger partial charge >= 0.3 is 0 Å². The first-order valence-corrected chi connectivity index (χ1v) is 6.97. The highest BCUT2D eigenvalue weighted by Gasteiger charge is 2.01. The first kappa shape index (κ1) is 13.1. The third-order valence-corrected chi connectivity index (χ3v) is 3.74. The molecule has 1 unspecified atom stereocenters. The van der Waals surface area contributed by atoms with Gasteiger partial charge in [0.15, 0.2) is 0 Å². The summed E-state index contributed by atoms with van der Waals surface area (Å²) in [4.78, 5) is 5.67. The zero-order valence-corrected chi connectivity index (χ0v) is 11.4. The number of rotatable bonds is 4. The van der Waals surface area contributed by atoms with Gasteiger partial charge in [0.1, 0.15) is 0 Å². The number of nitrogens with zero attached hydrogens (tertiary/aromatic N) is 1. The van der Waals surface area contributed by atoms with Crippen LogP contribution in [0.3, 0.4) is 0 Å². The summed E-state index contributed by atoms with van der Waals surface area (Å²) >= 11 is 1.76. The molecule has 2 rings (SSSR count). The van der Waals surface area contributed by atoms with E-state index in [0.717, 1.165) is 22.7 Å². The van der Waals surface area contributed by atoms with Crippen LogP contribution in [0.2, 0.25) is 0 Å². The van der Waals surface area contributed by atoms with Crippen molar-refractivity contribution in [1.29, 1.82) is 0 Å². The number of aliphatic hydroxyl groups excluding tert-OH is 1. The van der Waals surface area contributed by atoms with Gasteiger partial charge in [0.05, 0.1) is 11.8 Å². The lowest BCUT2D eigenvalue weighted by atomic mass is 10.1. The first-order chi connectivity index (χ1) is 8.65. The number of aromatic nitrogens is 1. The second kappa shape index (κ2) is 6.03. The quantitative estimate of drug-likeness (QED) is 0.849. The summed E-state index contributed by atoms with van der Waals surface area (Å²) in [5, 5.41) is 9.44. The fourth-order valence-corrected chi connectivity index (χ4v) is 2.48. The maximum Gasteiger partial charge on any atom is 0.0761 e. The summed E-state index contributed by atoms with van der Waals surface area (Å²) in [6.07, 6.45) is -0.400. The molecular weight excluding hydrogens is 242 g/mol. The van der Waals surface area contributed by atoms with Crippen LogP contribution in [0.4, 0.5) is 0 Å². The molecule has 3 heteroatoms. The molecule has 0 saturated carbocycles. The number of aliphatic hydroxyl groups is 1. The van der Waals surface area contributed by atoms with E-state index >= 15 is 0 Å². The molecule has 0 radical (unpaired) electrons. The number of aryl methyl sites for hydroxylation is 1. The van der Waals surface area contributed by atoms with Gasteiger partial charge in [0, 0.05) is 16.3 Å². The summed E-state index contributed by atoms with van der Waals surface area (Å²) in [5.41, 5.74) is 3.10. The Bertz CT molecular complexity index is 508. The van der Waals surface area contributed by atoms with Gasteiger partial charge in [-0.25, -0.2) is 0 Å². The monoisotopic (exact) mass is 259 g/mol. The number of thioether (sulfide) groups is 1. The number of hydrogen-bond acceptors (Lipinski definition) is 3. The topological polar surface area (TPSA) is 33.1 Å². The van der Waals surface area contributed by atoms with Crippen molar-refractivity contribution in [3.05, 3.63) is 59.4 Å². The lowest BCUT2D eigenvalue weighted by Crippen LogP contribution is -1.91. The number of benzene rings is 1. The highest BCUT2D eigenvalue weighted by Crippen LogP contribution is 2.23. The zero-order valence-electron chi connectivity index (χ0n) is 10.6. The fraction of sp³-hybridized carbons (Fsp3) is 0.267. The van der Waals surface area contributed by atoms with Crippen molar-refractivity contribution in [3.63, 3.8) is 0 Å². The third kappa shape index (κ3) is 3.59. The van der Waals surface area contributed by atoms with E-state index in [1.54, 1.807) is 18.7 Å². The summed E-state index contributed by atoms with van der Waals surface area (Å²) in [6.45, 7) is 3.78. The molecule has 0 aliphatic carbocycles. The van der Waals surface area contributed by atoms with E-state index in [4.69, 9.17) is 0 Å². The van der Waals surface area contributed by atoms with Crippen LogP contribution in [0.5, 0.6) is 0 Å². The molecule has 0 aliphatic rings. The van der Waals surface area contributed by atoms with Crippen molar-refractivity contribution in [2.45, 2.75) is 30.6 Å². The Labute approximate surface area is 112 Å². The van der Waals surface area contributed by atoms with Gasteiger partial charge in [-0.05, 0) is 43.7 Å². The number of pyridine rings is 1. The van der Waals surface area contributed by atoms with Crippen LogP contribution in [-0.2, 0) is 5.75 Å². The SMILES string of the molecule is Cc1cccc(CSc2ccc(C(C)O)cc2)n1. The molecule has 0 saturated heterocycles. The molecule has 1 aromatic carbocycles. The number of hydrogen-bond donors (Lipinski definition) is 1. The van der Waals surface area contributed by atoms with E-state index in [1.165, 1.54) is 4.90 Å². The molecule has 1 heterocycles. The lowest BCUT2D eigenvalue weighted by molar-refractivity contribution is 0.199. The van der Waals surface area contributed by atoms with Gasteiger partial charge in [-0.1, -0.05) is 18.2 Å². The van der Waals surface area contributed by atoms with Crippen molar-refractivity contribution >= 4 is 11.8 Å². The largest absolute Gasteiger partial charge is 0.389 e. The van der Waals surface area contributed by atoms with Crippen molar-refractivity contribution < 1.29 is 5.11 Å². The maximum atomic E-state index is 9.44. The fourth-order valence-electron chi connectivity index (χ4n) is 1.68. The highest BCUT2D eigenvalue weighted by molar-refractivity contribution is 7.98. The van der Waals surface area contributed by atoms with Crippen LogP contribution in [-0.4, -0.2) is 10.1 Å². The minimum Gasteiger partial charge on any atom is -0.389 e. The average molecular weight is 259 g/mol.